The number of hydrogen-bond acceptors (Lipinski definition) is 4. The van der Waals surface area contributed by atoms with E-state index in [4.69, 9.17) is 23.1 Å². The van der Waals surface area contributed by atoms with Crippen LogP contribution < -0.4 is 11.5 Å². The summed E-state index contributed by atoms with van der Waals surface area (Å²) in [7, 11) is 1.27. The lowest BCUT2D eigenvalue weighted by Gasteiger charge is -2.17. The van der Waals surface area contributed by atoms with E-state index >= 15 is 0 Å². The molecule has 0 aromatic heterocycles. The van der Waals surface area contributed by atoms with Gasteiger partial charge in [-0.15, -0.1) is 0 Å². The predicted octanol–water partition coefficient (Wildman–Crippen LogP) is 0.840. The molecule has 0 radical (unpaired) electrons. The molecule has 1 rings (SSSR count). The standard InChI is InChI=1S/C10H13ClN2O2/c1-15-10(14)9(13)8(12)6-2-4-7(11)5-3-6/h2-5,8-9H,12-13H2,1H3/t8-,9+/m0/s1. The van der Waals surface area contributed by atoms with E-state index in [0.29, 0.717) is 5.02 Å². The fourth-order valence-corrected chi connectivity index (χ4v) is 1.30. The molecule has 0 heterocycles. The second kappa shape index (κ2) is 5.11. The maximum Gasteiger partial charge on any atom is 0.324 e. The molecule has 1 aromatic carbocycles. The van der Waals surface area contributed by atoms with Crippen molar-refractivity contribution in [3.8, 4) is 0 Å². The van der Waals surface area contributed by atoms with Crippen molar-refractivity contribution in [2.45, 2.75) is 12.1 Å². The monoisotopic (exact) mass is 228 g/mol. The van der Waals surface area contributed by atoms with Gasteiger partial charge in [0.1, 0.15) is 6.04 Å². The molecular formula is C10H13ClN2O2. The first-order valence-electron chi connectivity index (χ1n) is 4.40. The van der Waals surface area contributed by atoms with Crippen LogP contribution in [0.3, 0.4) is 0 Å². The van der Waals surface area contributed by atoms with E-state index in [1.807, 2.05) is 0 Å². The highest BCUT2D eigenvalue weighted by molar-refractivity contribution is 6.30. The summed E-state index contributed by atoms with van der Waals surface area (Å²) in [6.45, 7) is 0. The number of nitrogens with two attached hydrogens (primary N) is 2. The molecule has 5 heteroatoms. The Hall–Kier alpha value is -1.10. The topological polar surface area (TPSA) is 78.3 Å². The molecule has 0 fully saturated rings. The Morgan fingerprint density at radius 1 is 1.33 bits per heavy atom. The zero-order valence-corrected chi connectivity index (χ0v) is 9.07. The second-order valence-corrected chi connectivity index (χ2v) is 3.56. The highest BCUT2D eigenvalue weighted by atomic mass is 35.5. The largest absolute Gasteiger partial charge is 0.468 e. The van der Waals surface area contributed by atoms with Crippen LogP contribution >= 0.6 is 11.6 Å². The third-order valence-corrected chi connectivity index (χ3v) is 2.37. The van der Waals surface area contributed by atoms with Gasteiger partial charge in [0.25, 0.3) is 0 Å². The van der Waals surface area contributed by atoms with Gasteiger partial charge in [0.05, 0.1) is 13.2 Å². The minimum Gasteiger partial charge on any atom is -0.468 e. The molecule has 0 aliphatic carbocycles. The lowest BCUT2D eigenvalue weighted by atomic mass is 10.0. The number of halogens is 1. The molecule has 82 valence electrons. The summed E-state index contributed by atoms with van der Waals surface area (Å²) < 4.78 is 4.51. The Balaban J connectivity index is 2.80. The molecule has 0 aliphatic rings. The second-order valence-electron chi connectivity index (χ2n) is 3.13. The zero-order valence-electron chi connectivity index (χ0n) is 8.31. The van der Waals surface area contributed by atoms with Crippen LogP contribution in [0.2, 0.25) is 5.02 Å². The van der Waals surface area contributed by atoms with Gasteiger partial charge in [-0.25, -0.2) is 0 Å². The van der Waals surface area contributed by atoms with Gasteiger partial charge in [0.15, 0.2) is 0 Å². The van der Waals surface area contributed by atoms with E-state index in [-0.39, 0.29) is 0 Å². The van der Waals surface area contributed by atoms with Crippen molar-refractivity contribution < 1.29 is 9.53 Å². The fraction of sp³-hybridized carbons (Fsp3) is 0.300. The number of hydrogen-bond donors (Lipinski definition) is 2. The molecule has 4 N–H and O–H groups in total. The zero-order chi connectivity index (χ0) is 11.4. The molecule has 4 nitrogen and oxygen atoms in total. The molecule has 15 heavy (non-hydrogen) atoms. The van der Waals surface area contributed by atoms with Crippen LogP contribution in [0.4, 0.5) is 0 Å². The molecule has 0 unspecified atom stereocenters. The summed E-state index contributed by atoms with van der Waals surface area (Å²) in [5.41, 5.74) is 12.2. The Morgan fingerprint density at radius 3 is 2.33 bits per heavy atom. The van der Waals surface area contributed by atoms with Gasteiger partial charge >= 0.3 is 5.97 Å². The molecule has 2 atom stereocenters. The number of rotatable bonds is 3. The Labute approximate surface area is 93.1 Å². The highest BCUT2D eigenvalue weighted by Gasteiger charge is 2.23. The summed E-state index contributed by atoms with van der Waals surface area (Å²) in [5.74, 6) is -0.530. The van der Waals surface area contributed by atoms with Crippen molar-refractivity contribution in [1.29, 1.82) is 0 Å². The van der Waals surface area contributed by atoms with Crippen molar-refractivity contribution in [1.82, 2.24) is 0 Å². The molecule has 0 bridgehead atoms. The van der Waals surface area contributed by atoms with Crippen LogP contribution in [0.5, 0.6) is 0 Å². The van der Waals surface area contributed by atoms with Crippen molar-refractivity contribution in [3.63, 3.8) is 0 Å². The molecular weight excluding hydrogens is 216 g/mol. The van der Waals surface area contributed by atoms with Crippen LogP contribution in [-0.2, 0) is 9.53 Å². The number of carbonyl (C=O) groups excluding carboxylic acids is 1. The van der Waals surface area contributed by atoms with E-state index in [9.17, 15) is 4.79 Å². The summed E-state index contributed by atoms with van der Waals surface area (Å²) in [5, 5.41) is 0.609. The van der Waals surface area contributed by atoms with Gasteiger partial charge in [0.2, 0.25) is 0 Å². The van der Waals surface area contributed by atoms with Crippen LogP contribution in [0.15, 0.2) is 24.3 Å². The van der Waals surface area contributed by atoms with Gasteiger partial charge in [0, 0.05) is 5.02 Å². The molecule has 0 amide bonds. The van der Waals surface area contributed by atoms with Crippen molar-refractivity contribution in [2.75, 3.05) is 7.11 Å². The normalized spacial score (nSPS) is 14.4. The van der Waals surface area contributed by atoms with Gasteiger partial charge in [-0.2, -0.15) is 0 Å². The van der Waals surface area contributed by atoms with Crippen LogP contribution in [0, 0.1) is 0 Å². The van der Waals surface area contributed by atoms with Crippen molar-refractivity contribution in [3.05, 3.63) is 34.9 Å². The first-order valence-corrected chi connectivity index (χ1v) is 4.78. The van der Waals surface area contributed by atoms with E-state index in [1.54, 1.807) is 24.3 Å². The minimum absolute atomic E-state index is 0.530. The number of carbonyl (C=O) groups is 1. The Morgan fingerprint density at radius 2 is 1.87 bits per heavy atom. The molecule has 1 aromatic rings. The quantitative estimate of drug-likeness (QED) is 0.752. The third kappa shape index (κ3) is 2.92. The van der Waals surface area contributed by atoms with Crippen LogP contribution in [-0.4, -0.2) is 19.1 Å². The van der Waals surface area contributed by atoms with Crippen molar-refractivity contribution in [2.24, 2.45) is 11.5 Å². The van der Waals surface area contributed by atoms with Gasteiger partial charge in [-0.1, -0.05) is 23.7 Å². The lowest BCUT2D eigenvalue weighted by molar-refractivity contribution is -0.142. The maximum atomic E-state index is 11.1. The highest BCUT2D eigenvalue weighted by Crippen LogP contribution is 2.17. The number of methoxy groups -OCH3 is 1. The lowest BCUT2D eigenvalue weighted by Crippen LogP contribution is -2.41. The third-order valence-electron chi connectivity index (χ3n) is 2.12. The average Bonchev–Trinajstić information content (AvgIpc) is 2.27. The molecule has 0 spiro atoms. The first kappa shape index (κ1) is 12.0. The summed E-state index contributed by atoms with van der Waals surface area (Å²) in [4.78, 5) is 11.1. The number of esters is 1. The summed E-state index contributed by atoms with van der Waals surface area (Å²) >= 11 is 5.72. The average molecular weight is 229 g/mol. The van der Waals surface area contributed by atoms with E-state index in [0.717, 1.165) is 5.56 Å². The SMILES string of the molecule is COC(=O)[C@H](N)[C@@H](N)c1ccc(Cl)cc1. The number of ether oxygens (including phenoxy) is 1. The minimum atomic E-state index is -0.865. The molecule has 0 aliphatic heterocycles. The maximum absolute atomic E-state index is 11.1. The molecule has 0 saturated carbocycles. The summed E-state index contributed by atoms with van der Waals surface area (Å²) in [6.07, 6.45) is 0. The van der Waals surface area contributed by atoms with Crippen LogP contribution in [0.25, 0.3) is 0 Å². The Kier molecular flexibility index (Phi) is 4.08. The van der Waals surface area contributed by atoms with Gasteiger partial charge < -0.3 is 16.2 Å². The van der Waals surface area contributed by atoms with Crippen LogP contribution in [0.1, 0.15) is 11.6 Å². The van der Waals surface area contributed by atoms with E-state index in [2.05, 4.69) is 4.74 Å². The van der Waals surface area contributed by atoms with Gasteiger partial charge in [-0.3, -0.25) is 4.79 Å². The van der Waals surface area contributed by atoms with E-state index in [1.165, 1.54) is 7.11 Å². The van der Waals surface area contributed by atoms with Gasteiger partial charge in [-0.05, 0) is 17.7 Å². The smallest absolute Gasteiger partial charge is 0.324 e. The molecule has 0 saturated heterocycles. The predicted molar refractivity (Wildman–Crippen MR) is 58.4 cm³/mol. The fourth-order valence-electron chi connectivity index (χ4n) is 1.18. The first-order chi connectivity index (χ1) is 7.06. The van der Waals surface area contributed by atoms with Crippen molar-refractivity contribution >= 4 is 17.6 Å². The van der Waals surface area contributed by atoms with E-state index < -0.39 is 18.1 Å². The summed E-state index contributed by atoms with van der Waals surface area (Å²) in [6, 6.07) is 5.40. The number of benzene rings is 1. The Bertz CT molecular complexity index is 340.